The Morgan fingerprint density at radius 2 is 2.19 bits per heavy atom. The first-order valence-electron chi connectivity index (χ1n) is 6.95. The van der Waals surface area contributed by atoms with Gasteiger partial charge < -0.3 is 5.32 Å². The summed E-state index contributed by atoms with van der Waals surface area (Å²) in [5.74, 6) is 2.63. The molecule has 2 N–H and O–H groups in total. The van der Waals surface area contributed by atoms with E-state index in [1.165, 1.54) is 0 Å². The van der Waals surface area contributed by atoms with Gasteiger partial charge in [0.05, 0.1) is 4.90 Å². The maximum atomic E-state index is 12.6. The van der Waals surface area contributed by atoms with E-state index in [9.17, 15) is 8.42 Å². The van der Waals surface area contributed by atoms with E-state index in [0.29, 0.717) is 23.9 Å². The van der Waals surface area contributed by atoms with Crippen LogP contribution < -0.4 is 10.0 Å². The van der Waals surface area contributed by atoms with E-state index in [2.05, 4.69) is 26.0 Å². The lowest BCUT2D eigenvalue weighted by Gasteiger charge is -2.15. The van der Waals surface area contributed by atoms with Crippen LogP contribution in [0.15, 0.2) is 21.5 Å². The van der Waals surface area contributed by atoms with Gasteiger partial charge in [0, 0.05) is 17.6 Å². The van der Waals surface area contributed by atoms with Gasteiger partial charge in [-0.05, 0) is 61.1 Å². The van der Waals surface area contributed by atoms with E-state index in [1.54, 1.807) is 6.07 Å². The van der Waals surface area contributed by atoms with E-state index in [1.807, 2.05) is 31.8 Å². The van der Waals surface area contributed by atoms with E-state index in [-0.39, 0.29) is 0 Å². The molecule has 1 unspecified atom stereocenters. The van der Waals surface area contributed by atoms with Gasteiger partial charge in [0.2, 0.25) is 10.0 Å². The van der Waals surface area contributed by atoms with Gasteiger partial charge in [0.25, 0.3) is 0 Å². The standard InChI is InChI=1S/C14H21BrN2O2S2/c1-10-13(15)5-12(7-16-2)6-14(10)21(18,19)17-8-11-3-4-20-9-11/h5-6,11,16-17H,3-4,7-9H2,1-2H3. The van der Waals surface area contributed by atoms with Crippen LogP contribution in [0.25, 0.3) is 0 Å². The van der Waals surface area contributed by atoms with Gasteiger partial charge in [-0.1, -0.05) is 15.9 Å². The Bertz CT molecular complexity index is 599. The molecule has 1 aromatic rings. The number of sulfonamides is 1. The second-order valence-corrected chi connectivity index (χ2v) is 9.05. The first kappa shape index (κ1) is 17.3. The minimum absolute atomic E-state index is 0.368. The lowest BCUT2D eigenvalue weighted by molar-refractivity contribution is 0.545. The Kier molecular flexibility index (Phi) is 6.14. The third kappa shape index (κ3) is 4.45. The fourth-order valence-corrected chi connectivity index (χ4v) is 5.70. The molecule has 1 atom stereocenters. The quantitative estimate of drug-likeness (QED) is 0.780. The Morgan fingerprint density at radius 3 is 2.81 bits per heavy atom. The Balaban J connectivity index is 2.21. The minimum atomic E-state index is -3.46. The monoisotopic (exact) mass is 392 g/mol. The highest BCUT2D eigenvalue weighted by Crippen LogP contribution is 2.27. The average Bonchev–Trinajstić information content (AvgIpc) is 2.94. The normalized spacial score (nSPS) is 19.1. The first-order chi connectivity index (χ1) is 9.94. The molecular formula is C14H21BrN2O2S2. The zero-order chi connectivity index (χ0) is 15.5. The van der Waals surface area contributed by atoms with Crippen molar-refractivity contribution in [1.82, 2.24) is 10.0 Å². The van der Waals surface area contributed by atoms with Gasteiger partial charge in [-0.25, -0.2) is 13.1 Å². The summed E-state index contributed by atoms with van der Waals surface area (Å²) >= 11 is 5.35. The number of nitrogens with one attached hydrogen (secondary N) is 2. The first-order valence-corrected chi connectivity index (χ1v) is 10.4. The van der Waals surface area contributed by atoms with Crippen LogP contribution in [0.1, 0.15) is 17.5 Å². The highest BCUT2D eigenvalue weighted by atomic mass is 79.9. The van der Waals surface area contributed by atoms with Crippen LogP contribution in [0, 0.1) is 12.8 Å². The number of halogens is 1. The van der Waals surface area contributed by atoms with Crippen molar-refractivity contribution in [3.63, 3.8) is 0 Å². The number of hydrogen-bond acceptors (Lipinski definition) is 4. The molecule has 0 aliphatic carbocycles. The smallest absolute Gasteiger partial charge is 0.240 e. The van der Waals surface area contributed by atoms with Crippen molar-refractivity contribution in [2.45, 2.75) is 24.8 Å². The van der Waals surface area contributed by atoms with Gasteiger partial charge in [-0.2, -0.15) is 11.8 Å². The van der Waals surface area contributed by atoms with Gasteiger partial charge in [0.15, 0.2) is 0 Å². The number of thioether (sulfide) groups is 1. The maximum Gasteiger partial charge on any atom is 0.240 e. The predicted octanol–water partition coefficient (Wildman–Crippen LogP) is 2.51. The van der Waals surface area contributed by atoms with Crippen molar-refractivity contribution in [3.05, 3.63) is 27.7 Å². The number of hydrogen-bond donors (Lipinski definition) is 2. The fourth-order valence-electron chi connectivity index (χ4n) is 2.34. The molecule has 4 nitrogen and oxygen atoms in total. The maximum absolute atomic E-state index is 12.6. The summed E-state index contributed by atoms with van der Waals surface area (Å²) in [5, 5.41) is 3.05. The highest BCUT2D eigenvalue weighted by molar-refractivity contribution is 9.10. The van der Waals surface area contributed by atoms with Crippen LogP contribution in [0.4, 0.5) is 0 Å². The Labute approximate surface area is 139 Å². The van der Waals surface area contributed by atoms with Crippen LogP contribution in [0.3, 0.4) is 0 Å². The zero-order valence-electron chi connectivity index (χ0n) is 12.3. The van der Waals surface area contributed by atoms with Crippen molar-refractivity contribution >= 4 is 37.7 Å². The summed E-state index contributed by atoms with van der Waals surface area (Å²) < 4.78 is 28.7. The van der Waals surface area contributed by atoms with Crippen molar-refractivity contribution < 1.29 is 8.42 Å². The molecule has 1 heterocycles. The lowest BCUT2D eigenvalue weighted by Crippen LogP contribution is -2.30. The summed E-state index contributed by atoms with van der Waals surface area (Å²) in [5.41, 5.74) is 1.70. The summed E-state index contributed by atoms with van der Waals surface area (Å²) in [6, 6.07) is 3.71. The molecule has 0 saturated carbocycles. The molecule has 1 aliphatic heterocycles. The van der Waals surface area contributed by atoms with Gasteiger partial charge in [-0.15, -0.1) is 0 Å². The van der Waals surface area contributed by atoms with Crippen molar-refractivity contribution in [1.29, 1.82) is 0 Å². The van der Waals surface area contributed by atoms with Gasteiger partial charge in [0.1, 0.15) is 0 Å². The molecule has 118 valence electrons. The second-order valence-electron chi connectivity index (χ2n) is 5.31. The van der Waals surface area contributed by atoms with Gasteiger partial charge in [-0.3, -0.25) is 0 Å². The molecule has 1 aromatic carbocycles. The van der Waals surface area contributed by atoms with Gasteiger partial charge >= 0.3 is 0 Å². The van der Waals surface area contributed by atoms with Crippen LogP contribution in [-0.2, 0) is 16.6 Å². The summed E-state index contributed by atoms with van der Waals surface area (Å²) in [4.78, 5) is 0.368. The van der Waals surface area contributed by atoms with Crippen molar-refractivity contribution in [2.24, 2.45) is 5.92 Å². The second kappa shape index (κ2) is 7.46. The third-order valence-corrected chi connectivity index (χ3v) is 7.22. The molecule has 0 bridgehead atoms. The molecule has 0 aromatic heterocycles. The summed E-state index contributed by atoms with van der Waals surface area (Å²) in [6.07, 6.45) is 1.09. The molecule has 1 aliphatic rings. The minimum Gasteiger partial charge on any atom is -0.316 e. The van der Waals surface area contributed by atoms with E-state index in [4.69, 9.17) is 0 Å². The molecule has 0 spiro atoms. The lowest BCUT2D eigenvalue weighted by atomic mass is 10.1. The van der Waals surface area contributed by atoms with E-state index in [0.717, 1.165) is 33.5 Å². The molecule has 0 radical (unpaired) electrons. The Morgan fingerprint density at radius 1 is 1.43 bits per heavy atom. The van der Waals surface area contributed by atoms with Crippen molar-refractivity contribution in [3.8, 4) is 0 Å². The Hall–Kier alpha value is -0.0800. The van der Waals surface area contributed by atoms with Crippen molar-refractivity contribution in [2.75, 3.05) is 25.1 Å². The third-order valence-electron chi connectivity index (χ3n) is 3.61. The SMILES string of the molecule is CNCc1cc(Br)c(C)c(S(=O)(=O)NCC2CCSC2)c1. The highest BCUT2D eigenvalue weighted by Gasteiger charge is 2.22. The summed E-state index contributed by atoms with van der Waals surface area (Å²) in [6.45, 7) is 3.00. The molecular weight excluding hydrogens is 372 g/mol. The molecule has 2 rings (SSSR count). The largest absolute Gasteiger partial charge is 0.316 e. The summed E-state index contributed by atoms with van der Waals surface area (Å²) in [7, 11) is -1.61. The zero-order valence-corrected chi connectivity index (χ0v) is 15.5. The van der Waals surface area contributed by atoms with E-state index >= 15 is 0 Å². The van der Waals surface area contributed by atoms with Crippen LogP contribution in [0.5, 0.6) is 0 Å². The number of rotatable bonds is 6. The number of benzene rings is 1. The average molecular weight is 393 g/mol. The molecule has 1 fully saturated rings. The molecule has 0 amide bonds. The van der Waals surface area contributed by atoms with Crippen LogP contribution >= 0.6 is 27.7 Å². The fraction of sp³-hybridized carbons (Fsp3) is 0.571. The van der Waals surface area contributed by atoms with Crippen LogP contribution in [0.2, 0.25) is 0 Å². The molecule has 21 heavy (non-hydrogen) atoms. The topological polar surface area (TPSA) is 58.2 Å². The molecule has 1 saturated heterocycles. The van der Waals surface area contributed by atoms with E-state index < -0.39 is 10.0 Å². The molecule has 7 heteroatoms. The van der Waals surface area contributed by atoms with Crippen LogP contribution in [-0.4, -0.2) is 33.5 Å². The predicted molar refractivity (Wildman–Crippen MR) is 92.3 cm³/mol.